The van der Waals surface area contributed by atoms with Crippen LogP contribution in [-0.4, -0.2) is 30.1 Å². The number of hydrogen-bond acceptors (Lipinski definition) is 5. The number of rotatable bonds is 2. The zero-order valence-corrected chi connectivity index (χ0v) is 11.6. The summed E-state index contributed by atoms with van der Waals surface area (Å²) < 4.78 is 4.55. The van der Waals surface area contributed by atoms with Crippen molar-refractivity contribution in [3.8, 4) is 0 Å². The molecular weight excluding hydrogens is 242 g/mol. The van der Waals surface area contributed by atoms with Gasteiger partial charge < -0.3 is 15.8 Å². The minimum absolute atomic E-state index is 0.318. The standard InChI is InChI=1S/C9H11N3.C5H10O2/c10-9-2-1-7(6-12-9)8-3-4-11-5-8;1-5(2,3)7-4-6/h1-3,6,11H,4-5H2,(H2,10,12);4H,1-3H3. The molecule has 0 aliphatic carbocycles. The zero-order chi connectivity index (χ0) is 14.3. The lowest BCUT2D eigenvalue weighted by molar-refractivity contribution is -0.138. The molecule has 0 amide bonds. The highest BCUT2D eigenvalue weighted by Crippen LogP contribution is 2.15. The van der Waals surface area contributed by atoms with E-state index in [-0.39, 0.29) is 5.60 Å². The molecule has 1 aromatic heterocycles. The van der Waals surface area contributed by atoms with Crippen molar-refractivity contribution < 1.29 is 9.53 Å². The average molecular weight is 263 g/mol. The number of nitrogens with one attached hydrogen (secondary N) is 1. The van der Waals surface area contributed by atoms with Gasteiger partial charge in [0.15, 0.2) is 0 Å². The molecule has 0 radical (unpaired) electrons. The van der Waals surface area contributed by atoms with Gasteiger partial charge >= 0.3 is 0 Å². The van der Waals surface area contributed by atoms with Crippen molar-refractivity contribution in [3.63, 3.8) is 0 Å². The van der Waals surface area contributed by atoms with Gasteiger partial charge in [0.25, 0.3) is 6.47 Å². The van der Waals surface area contributed by atoms with E-state index in [0.717, 1.165) is 18.7 Å². The maximum absolute atomic E-state index is 9.60. The van der Waals surface area contributed by atoms with Gasteiger partial charge in [-0.2, -0.15) is 0 Å². The molecule has 0 unspecified atom stereocenters. The molecule has 1 aromatic rings. The molecule has 19 heavy (non-hydrogen) atoms. The number of carbonyl (C=O) groups is 1. The van der Waals surface area contributed by atoms with Gasteiger partial charge in [0.2, 0.25) is 0 Å². The average Bonchev–Trinajstić information content (AvgIpc) is 2.83. The highest BCUT2D eigenvalue weighted by Gasteiger charge is 2.07. The lowest BCUT2D eigenvalue weighted by atomic mass is 10.1. The van der Waals surface area contributed by atoms with Gasteiger partial charge in [-0.15, -0.1) is 0 Å². The van der Waals surface area contributed by atoms with E-state index < -0.39 is 0 Å². The predicted octanol–water partition coefficient (Wildman–Crippen LogP) is 1.61. The second kappa shape index (κ2) is 6.89. The first-order chi connectivity index (χ1) is 8.92. The van der Waals surface area contributed by atoms with E-state index in [1.807, 2.05) is 39.1 Å². The zero-order valence-electron chi connectivity index (χ0n) is 11.6. The second-order valence-corrected chi connectivity index (χ2v) is 5.16. The van der Waals surface area contributed by atoms with Crippen molar-refractivity contribution in [2.75, 3.05) is 18.8 Å². The van der Waals surface area contributed by atoms with Crippen LogP contribution in [-0.2, 0) is 9.53 Å². The molecule has 0 spiro atoms. The first-order valence-corrected chi connectivity index (χ1v) is 6.15. The van der Waals surface area contributed by atoms with E-state index in [2.05, 4.69) is 21.1 Å². The van der Waals surface area contributed by atoms with E-state index in [0.29, 0.717) is 12.3 Å². The quantitative estimate of drug-likeness (QED) is 0.793. The molecule has 2 rings (SSSR count). The summed E-state index contributed by atoms with van der Waals surface area (Å²) in [7, 11) is 0. The predicted molar refractivity (Wildman–Crippen MR) is 76.4 cm³/mol. The third-order valence-electron chi connectivity index (χ3n) is 2.37. The van der Waals surface area contributed by atoms with E-state index in [1.54, 1.807) is 0 Å². The van der Waals surface area contributed by atoms with Gasteiger partial charge in [0.1, 0.15) is 11.4 Å². The van der Waals surface area contributed by atoms with E-state index >= 15 is 0 Å². The van der Waals surface area contributed by atoms with Crippen molar-refractivity contribution in [3.05, 3.63) is 30.0 Å². The van der Waals surface area contributed by atoms with Gasteiger partial charge in [-0.1, -0.05) is 6.08 Å². The minimum atomic E-state index is -0.318. The van der Waals surface area contributed by atoms with Crippen LogP contribution in [0.4, 0.5) is 5.82 Å². The topological polar surface area (TPSA) is 77.2 Å². The number of ether oxygens (including phenoxy) is 1. The number of aromatic nitrogens is 1. The molecule has 0 fully saturated rings. The molecule has 1 aliphatic rings. The summed E-state index contributed by atoms with van der Waals surface area (Å²) in [4.78, 5) is 13.6. The van der Waals surface area contributed by atoms with Crippen LogP contribution in [0.1, 0.15) is 26.3 Å². The maximum atomic E-state index is 9.60. The van der Waals surface area contributed by atoms with E-state index in [9.17, 15) is 4.79 Å². The van der Waals surface area contributed by atoms with Gasteiger partial charge in [0.05, 0.1) is 0 Å². The first kappa shape index (κ1) is 15.2. The molecule has 5 nitrogen and oxygen atoms in total. The molecule has 0 atom stereocenters. The second-order valence-electron chi connectivity index (χ2n) is 5.16. The fourth-order valence-corrected chi connectivity index (χ4v) is 1.43. The summed E-state index contributed by atoms with van der Waals surface area (Å²) in [6.07, 6.45) is 3.99. The van der Waals surface area contributed by atoms with Crippen LogP contribution in [0.3, 0.4) is 0 Å². The number of carbonyl (C=O) groups excluding carboxylic acids is 1. The highest BCUT2D eigenvalue weighted by atomic mass is 16.5. The number of pyridine rings is 1. The Kier molecular flexibility index (Phi) is 5.51. The van der Waals surface area contributed by atoms with Crippen LogP contribution >= 0.6 is 0 Å². The van der Waals surface area contributed by atoms with Crippen molar-refractivity contribution in [1.29, 1.82) is 0 Å². The molecular formula is C14H21N3O2. The number of nitrogens with two attached hydrogens (primary N) is 1. The summed E-state index contributed by atoms with van der Waals surface area (Å²) in [6, 6.07) is 3.83. The van der Waals surface area contributed by atoms with Gasteiger partial charge in [-0.05, 0) is 44.0 Å². The Morgan fingerprint density at radius 3 is 2.53 bits per heavy atom. The van der Waals surface area contributed by atoms with Crippen LogP contribution in [0.2, 0.25) is 0 Å². The third kappa shape index (κ3) is 6.01. The highest BCUT2D eigenvalue weighted by molar-refractivity contribution is 5.68. The van der Waals surface area contributed by atoms with Crippen molar-refractivity contribution in [2.24, 2.45) is 0 Å². The summed E-state index contributed by atoms with van der Waals surface area (Å²) in [5.41, 5.74) is 7.63. The largest absolute Gasteiger partial charge is 0.462 e. The summed E-state index contributed by atoms with van der Waals surface area (Å²) >= 11 is 0. The third-order valence-corrected chi connectivity index (χ3v) is 2.37. The lowest BCUT2D eigenvalue weighted by Gasteiger charge is -2.14. The SMILES string of the molecule is CC(C)(C)OC=O.Nc1ccc(C2=CCNC2)cn1. The Balaban J connectivity index is 0.000000224. The van der Waals surface area contributed by atoms with Gasteiger partial charge in [-0.25, -0.2) is 4.98 Å². The summed E-state index contributed by atoms with van der Waals surface area (Å²) in [5, 5.41) is 3.23. The van der Waals surface area contributed by atoms with Crippen LogP contribution in [0, 0.1) is 0 Å². The van der Waals surface area contributed by atoms with Crippen molar-refractivity contribution in [2.45, 2.75) is 26.4 Å². The Morgan fingerprint density at radius 1 is 1.42 bits per heavy atom. The van der Waals surface area contributed by atoms with E-state index in [4.69, 9.17) is 5.73 Å². The molecule has 1 aliphatic heterocycles. The molecule has 0 aromatic carbocycles. The molecule has 5 heteroatoms. The van der Waals surface area contributed by atoms with Crippen LogP contribution in [0.25, 0.3) is 5.57 Å². The lowest BCUT2D eigenvalue weighted by Crippen LogP contribution is -2.17. The van der Waals surface area contributed by atoms with Crippen LogP contribution in [0.15, 0.2) is 24.4 Å². The monoisotopic (exact) mass is 263 g/mol. The normalized spacial score (nSPS) is 14.2. The summed E-state index contributed by atoms with van der Waals surface area (Å²) in [5.74, 6) is 0.574. The molecule has 104 valence electrons. The number of anilines is 1. The number of hydrogen-bond donors (Lipinski definition) is 2. The van der Waals surface area contributed by atoms with Crippen molar-refractivity contribution >= 4 is 17.9 Å². The Hall–Kier alpha value is -1.88. The maximum Gasteiger partial charge on any atom is 0.293 e. The smallest absolute Gasteiger partial charge is 0.293 e. The Labute approximate surface area is 113 Å². The van der Waals surface area contributed by atoms with Gasteiger partial charge in [0, 0.05) is 19.3 Å². The molecule has 0 saturated carbocycles. The first-order valence-electron chi connectivity index (χ1n) is 6.15. The number of nitrogens with zero attached hydrogens (tertiary/aromatic N) is 1. The molecule has 3 N–H and O–H groups in total. The van der Waals surface area contributed by atoms with Crippen LogP contribution in [0.5, 0.6) is 0 Å². The molecule has 0 saturated heterocycles. The van der Waals surface area contributed by atoms with Crippen LogP contribution < -0.4 is 11.1 Å². The Bertz CT molecular complexity index is 433. The summed E-state index contributed by atoms with van der Waals surface area (Å²) in [6.45, 7) is 7.81. The van der Waals surface area contributed by atoms with Crippen molar-refractivity contribution in [1.82, 2.24) is 10.3 Å². The minimum Gasteiger partial charge on any atom is -0.462 e. The number of nitrogen functional groups attached to an aromatic ring is 1. The molecule has 2 heterocycles. The Morgan fingerprint density at radius 2 is 2.16 bits per heavy atom. The van der Waals surface area contributed by atoms with E-state index in [1.165, 1.54) is 5.57 Å². The van der Waals surface area contributed by atoms with Gasteiger partial charge in [-0.3, -0.25) is 4.79 Å². The fraction of sp³-hybridized carbons (Fsp3) is 0.429. The fourth-order valence-electron chi connectivity index (χ4n) is 1.43. The molecule has 0 bridgehead atoms.